The Morgan fingerprint density at radius 3 is 2.43 bits per heavy atom. The number of carbonyl (C=O) groups excluding carboxylic acids is 2. The number of nitrogens with one attached hydrogen (secondary N) is 1. The van der Waals surface area contributed by atoms with Crippen LogP contribution in [0.1, 0.15) is 41.9 Å². The Bertz CT molecular complexity index is 1100. The van der Waals surface area contributed by atoms with Crippen molar-refractivity contribution in [2.24, 2.45) is 0 Å². The predicted octanol–water partition coefficient (Wildman–Crippen LogP) is 3.67. The summed E-state index contributed by atoms with van der Waals surface area (Å²) in [5, 5.41) is 3.24. The molecule has 0 bridgehead atoms. The zero-order chi connectivity index (χ0) is 21.7. The first-order valence-electron chi connectivity index (χ1n) is 10.1. The summed E-state index contributed by atoms with van der Waals surface area (Å²) in [6, 6.07) is 9.15. The molecule has 0 radical (unpaired) electrons. The molecule has 2 amide bonds. The zero-order valence-electron chi connectivity index (χ0n) is 17.5. The Morgan fingerprint density at radius 2 is 1.80 bits per heavy atom. The Balaban J connectivity index is 1.89. The molecule has 2 aromatic heterocycles. The molecular weight excluding hydrogens is 400 g/mol. The number of rotatable bonds is 8. The van der Waals surface area contributed by atoms with E-state index in [0.29, 0.717) is 39.4 Å². The number of amides is 2. The number of nitrogens with zero attached hydrogens (tertiary/aromatic N) is 3. The molecule has 0 unspecified atom stereocenters. The highest BCUT2D eigenvalue weighted by Crippen LogP contribution is 2.27. The third kappa shape index (κ3) is 4.59. The van der Waals surface area contributed by atoms with Gasteiger partial charge in [-0.25, -0.2) is 4.98 Å². The average molecular weight is 427 g/mol. The summed E-state index contributed by atoms with van der Waals surface area (Å²) in [7, 11) is 0. The van der Waals surface area contributed by atoms with Crippen molar-refractivity contribution < 1.29 is 9.59 Å². The molecule has 1 aromatic carbocycles. The van der Waals surface area contributed by atoms with Gasteiger partial charge in [0.05, 0.1) is 16.6 Å². The molecule has 7 nitrogen and oxygen atoms in total. The Labute approximate surface area is 179 Å². The van der Waals surface area contributed by atoms with Crippen molar-refractivity contribution in [3.63, 3.8) is 0 Å². The van der Waals surface area contributed by atoms with Gasteiger partial charge in [-0.3, -0.25) is 19.0 Å². The molecule has 0 saturated heterocycles. The van der Waals surface area contributed by atoms with Gasteiger partial charge in [-0.2, -0.15) is 0 Å². The van der Waals surface area contributed by atoms with E-state index in [1.165, 1.54) is 22.2 Å². The second kappa shape index (κ2) is 9.67. The number of aromatic nitrogens is 2. The molecule has 0 spiro atoms. The van der Waals surface area contributed by atoms with Crippen LogP contribution in [-0.4, -0.2) is 39.4 Å². The van der Waals surface area contributed by atoms with Crippen molar-refractivity contribution in [1.29, 1.82) is 0 Å². The summed E-state index contributed by atoms with van der Waals surface area (Å²) in [6.07, 6.45) is 3.12. The number of anilines is 1. The van der Waals surface area contributed by atoms with E-state index >= 15 is 0 Å². The second-order valence-electron chi connectivity index (χ2n) is 7.11. The van der Waals surface area contributed by atoms with Gasteiger partial charge in [0.25, 0.3) is 11.5 Å². The third-order valence-electron chi connectivity index (χ3n) is 4.80. The van der Waals surface area contributed by atoms with Gasteiger partial charge in [0.1, 0.15) is 11.4 Å². The monoisotopic (exact) mass is 426 g/mol. The summed E-state index contributed by atoms with van der Waals surface area (Å²) in [5.74, 6) is -0.377. The molecule has 158 valence electrons. The predicted molar refractivity (Wildman–Crippen MR) is 120 cm³/mol. The van der Waals surface area contributed by atoms with E-state index in [1.54, 1.807) is 24.0 Å². The number of fused-ring (bicyclic) bond motifs is 1. The minimum atomic E-state index is -0.297. The SMILES string of the molecule is CCCN(CCC)C(=O)Cn1cnc2sc(C(=O)Nc3ccccc3)c(C)c2c1=O. The molecule has 0 fully saturated rings. The fourth-order valence-corrected chi connectivity index (χ4v) is 4.38. The molecule has 30 heavy (non-hydrogen) atoms. The Kier molecular flexibility index (Phi) is 6.99. The molecular formula is C22H26N4O3S. The second-order valence-corrected chi connectivity index (χ2v) is 8.11. The fourth-order valence-electron chi connectivity index (χ4n) is 3.34. The van der Waals surface area contributed by atoms with E-state index in [0.717, 1.165) is 12.8 Å². The molecule has 0 aliphatic rings. The topological polar surface area (TPSA) is 84.3 Å². The highest BCUT2D eigenvalue weighted by molar-refractivity contribution is 7.20. The number of benzene rings is 1. The molecule has 3 aromatic rings. The van der Waals surface area contributed by atoms with Crippen molar-refractivity contribution in [1.82, 2.24) is 14.5 Å². The lowest BCUT2D eigenvalue weighted by molar-refractivity contribution is -0.132. The van der Waals surface area contributed by atoms with Crippen LogP contribution in [0.2, 0.25) is 0 Å². The minimum absolute atomic E-state index is 0.0530. The Hall–Kier alpha value is -3.00. The molecule has 3 rings (SSSR count). The number of carbonyl (C=O) groups is 2. The maximum absolute atomic E-state index is 13.0. The van der Waals surface area contributed by atoms with Crippen molar-refractivity contribution in [3.8, 4) is 0 Å². The summed E-state index contributed by atoms with van der Waals surface area (Å²) in [5.41, 5.74) is 0.970. The van der Waals surface area contributed by atoms with E-state index in [-0.39, 0.29) is 23.9 Å². The van der Waals surface area contributed by atoms with Crippen LogP contribution in [-0.2, 0) is 11.3 Å². The van der Waals surface area contributed by atoms with E-state index in [4.69, 9.17) is 0 Å². The van der Waals surface area contributed by atoms with Crippen LogP contribution < -0.4 is 10.9 Å². The molecule has 0 saturated carbocycles. The molecule has 2 heterocycles. The van der Waals surface area contributed by atoms with E-state index in [2.05, 4.69) is 10.3 Å². The minimum Gasteiger partial charge on any atom is -0.341 e. The molecule has 0 atom stereocenters. The molecule has 0 aliphatic heterocycles. The van der Waals surface area contributed by atoms with Gasteiger partial charge < -0.3 is 10.2 Å². The number of para-hydroxylation sites is 1. The first-order valence-corrected chi connectivity index (χ1v) is 10.9. The zero-order valence-corrected chi connectivity index (χ0v) is 18.3. The van der Waals surface area contributed by atoms with Gasteiger partial charge in [-0.05, 0) is 37.5 Å². The lowest BCUT2D eigenvalue weighted by Gasteiger charge is -2.21. The normalized spacial score (nSPS) is 10.9. The van der Waals surface area contributed by atoms with E-state index < -0.39 is 0 Å². The van der Waals surface area contributed by atoms with Gasteiger partial charge in [-0.15, -0.1) is 11.3 Å². The van der Waals surface area contributed by atoms with Crippen LogP contribution in [0.5, 0.6) is 0 Å². The molecule has 0 aliphatic carbocycles. The third-order valence-corrected chi connectivity index (χ3v) is 6.00. The maximum atomic E-state index is 13.0. The maximum Gasteiger partial charge on any atom is 0.266 e. The highest BCUT2D eigenvalue weighted by Gasteiger charge is 2.21. The van der Waals surface area contributed by atoms with E-state index in [1.807, 2.05) is 32.0 Å². The number of hydrogen-bond acceptors (Lipinski definition) is 5. The van der Waals surface area contributed by atoms with Crippen molar-refractivity contribution in [2.75, 3.05) is 18.4 Å². The van der Waals surface area contributed by atoms with Crippen LogP contribution in [0.4, 0.5) is 5.69 Å². The number of aryl methyl sites for hydroxylation is 1. The average Bonchev–Trinajstić information content (AvgIpc) is 3.08. The van der Waals surface area contributed by atoms with Crippen molar-refractivity contribution in [2.45, 2.75) is 40.2 Å². The van der Waals surface area contributed by atoms with Crippen molar-refractivity contribution in [3.05, 3.63) is 57.5 Å². The highest BCUT2D eigenvalue weighted by atomic mass is 32.1. The van der Waals surface area contributed by atoms with Gasteiger partial charge >= 0.3 is 0 Å². The van der Waals surface area contributed by atoms with Gasteiger partial charge in [0.15, 0.2) is 0 Å². The Morgan fingerprint density at radius 1 is 1.13 bits per heavy atom. The largest absolute Gasteiger partial charge is 0.341 e. The van der Waals surface area contributed by atoms with Crippen molar-refractivity contribution >= 4 is 39.1 Å². The summed E-state index contributed by atoms with van der Waals surface area (Å²) >= 11 is 1.18. The van der Waals surface area contributed by atoms with Crippen LogP contribution in [0.3, 0.4) is 0 Å². The quantitative estimate of drug-likeness (QED) is 0.596. The lowest BCUT2D eigenvalue weighted by atomic mass is 10.2. The smallest absolute Gasteiger partial charge is 0.266 e. The molecule has 8 heteroatoms. The van der Waals surface area contributed by atoms with Crippen LogP contribution in [0.25, 0.3) is 10.2 Å². The van der Waals surface area contributed by atoms with Gasteiger partial charge in [-0.1, -0.05) is 32.0 Å². The summed E-state index contributed by atoms with van der Waals surface area (Å²) < 4.78 is 1.33. The fraction of sp³-hybridized carbons (Fsp3) is 0.364. The summed E-state index contributed by atoms with van der Waals surface area (Å²) in [4.78, 5) is 45.5. The van der Waals surface area contributed by atoms with Crippen LogP contribution in [0, 0.1) is 6.92 Å². The van der Waals surface area contributed by atoms with Crippen LogP contribution in [0.15, 0.2) is 41.5 Å². The number of hydrogen-bond donors (Lipinski definition) is 1. The first kappa shape index (κ1) is 21.7. The van der Waals surface area contributed by atoms with Crippen LogP contribution >= 0.6 is 11.3 Å². The van der Waals surface area contributed by atoms with Gasteiger partial charge in [0, 0.05) is 18.8 Å². The van der Waals surface area contributed by atoms with Gasteiger partial charge in [0.2, 0.25) is 5.91 Å². The summed E-state index contributed by atoms with van der Waals surface area (Å²) in [6.45, 7) is 7.06. The van der Waals surface area contributed by atoms with E-state index in [9.17, 15) is 14.4 Å². The molecule has 1 N–H and O–H groups in total. The number of thiophene rings is 1. The lowest BCUT2D eigenvalue weighted by Crippen LogP contribution is -2.37. The first-order chi connectivity index (χ1) is 14.5. The standard InChI is InChI=1S/C22H26N4O3S/c1-4-11-25(12-5-2)17(27)13-26-14-23-21-18(22(26)29)15(3)19(30-21)20(28)24-16-9-7-6-8-10-16/h6-10,14H,4-5,11-13H2,1-3H3,(H,24,28).